The fraction of sp³-hybridized carbons (Fsp3) is 0.273. The number of benzene rings is 1. The molecule has 0 N–H and O–H groups in total. The van der Waals surface area contributed by atoms with Crippen LogP contribution in [0.4, 0.5) is 0 Å². The predicted octanol–water partition coefficient (Wildman–Crippen LogP) is 2.61. The fourth-order valence-electron chi connectivity index (χ4n) is 1.43. The lowest BCUT2D eigenvalue weighted by Gasteiger charge is -1.91. The van der Waals surface area contributed by atoms with Crippen LogP contribution in [0.25, 0.3) is 11.5 Å². The molecule has 1 aliphatic rings. The molecule has 0 atom stereocenters. The van der Waals surface area contributed by atoms with E-state index in [1.54, 1.807) is 0 Å². The van der Waals surface area contributed by atoms with Crippen LogP contribution in [0.15, 0.2) is 34.7 Å². The Morgan fingerprint density at radius 2 is 1.86 bits per heavy atom. The van der Waals surface area contributed by atoms with Crippen LogP contribution in [-0.4, -0.2) is 10.2 Å². The van der Waals surface area contributed by atoms with E-state index in [9.17, 15) is 0 Å². The Bertz CT molecular complexity index is 432. The van der Waals surface area contributed by atoms with E-state index in [1.165, 1.54) is 12.8 Å². The molecule has 1 aromatic carbocycles. The van der Waals surface area contributed by atoms with E-state index < -0.39 is 0 Å². The molecule has 0 spiro atoms. The second kappa shape index (κ2) is 2.94. The number of nitrogens with zero attached hydrogens (tertiary/aromatic N) is 2. The summed E-state index contributed by atoms with van der Waals surface area (Å²) >= 11 is 0. The average molecular weight is 186 g/mol. The molecule has 14 heavy (non-hydrogen) atoms. The van der Waals surface area contributed by atoms with Gasteiger partial charge in [0.05, 0.1) is 0 Å². The van der Waals surface area contributed by atoms with Crippen LogP contribution in [0, 0.1) is 0 Å². The van der Waals surface area contributed by atoms with Gasteiger partial charge in [-0.05, 0) is 25.0 Å². The van der Waals surface area contributed by atoms with Gasteiger partial charge in [0.2, 0.25) is 11.8 Å². The van der Waals surface area contributed by atoms with Crippen molar-refractivity contribution in [3.63, 3.8) is 0 Å². The first-order valence-corrected chi connectivity index (χ1v) is 4.82. The van der Waals surface area contributed by atoms with Gasteiger partial charge in [0, 0.05) is 11.5 Å². The highest BCUT2D eigenvalue weighted by Crippen LogP contribution is 2.39. The third-order valence-corrected chi connectivity index (χ3v) is 2.39. The lowest BCUT2D eigenvalue weighted by molar-refractivity contribution is 0.508. The summed E-state index contributed by atoms with van der Waals surface area (Å²) in [6.45, 7) is 0. The minimum atomic E-state index is 0.528. The zero-order valence-corrected chi connectivity index (χ0v) is 7.68. The van der Waals surface area contributed by atoms with Gasteiger partial charge < -0.3 is 4.42 Å². The quantitative estimate of drug-likeness (QED) is 0.723. The number of hydrogen-bond acceptors (Lipinski definition) is 3. The van der Waals surface area contributed by atoms with E-state index in [-0.39, 0.29) is 0 Å². The van der Waals surface area contributed by atoms with Gasteiger partial charge in [-0.2, -0.15) is 0 Å². The van der Waals surface area contributed by atoms with Gasteiger partial charge in [-0.25, -0.2) is 0 Å². The first kappa shape index (κ1) is 7.74. The van der Waals surface area contributed by atoms with E-state index in [2.05, 4.69) is 10.2 Å². The number of rotatable bonds is 2. The maximum absolute atomic E-state index is 5.57. The topological polar surface area (TPSA) is 38.9 Å². The molecule has 0 aliphatic heterocycles. The molecule has 0 bridgehead atoms. The third-order valence-electron chi connectivity index (χ3n) is 2.39. The summed E-state index contributed by atoms with van der Waals surface area (Å²) in [5.74, 6) is 1.95. The van der Waals surface area contributed by atoms with Gasteiger partial charge in [0.25, 0.3) is 0 Å². The van der Waals surface area contributed by atoms with Crippen molar-refractivity contribution in [1.82, 2.24) is 10.2 Å². The fourth-order valence-corrected chi connectivity index (χ4v) is 1.43. The molecule has 2 aromatic rings. The van der Waals surface area contributed by atoms with Gasteiger partial charge >= 0.3 is 0 Å². The summed E-state index contributed by atoms with van der Waals surface area (Å²) in [5.41, 5.74) is 0.993. The Labute approximate surface area is 81.8 Å². The molecule has 0 radical (unpaired) electrons. The second-order valence-electron chi connectivity index (χ2n) is 3.59. The SMILES string of the molecule is c1ccc(-c2nnc(C3CC3)o2)cc1. The number of aromatic nitrogens is 2. The van der Waals surface area contributed by atoms with E-state index >= 15 is 0 Å². The molecule has 1 aromatic heterocycles. The molecule has 0 saturated heterocycles. The Morgan fingerprint density at radius 3 is 2.57 bits per heavy atom. The second-order valence-corrected chi connectivity index (χ2v) is 3.59. The van der Waals surface area contributed by atoms with Crippen LogP contribution in [0.5, 0.6) is 0 Å². The Kier molecular flexibility index (Phi) is 1.63. The summed E-state index contributed by atoms with van der Waals surface area (Å²) in [4.78, 5) is 0. The predicted molar refractivity (Wildman–Crippen MR) is 51.7 cm³/mol. The largest absolute Gasteiger partial charge is 0.420 e. The van der Waals surface area contributed by atoms with Gasteiger partial charge in [-0.15, -0.1) is 10.2 Å². The van der Waals surface area contributed by atoms with Crippen LogP contribution in [-0.2, 0) is 0 Å². The number of hydrogen-bond donors (Lipinski definition) is 0. The van der Waals surface area contributed by atoms with Crippen molar-refractivity contribution in [2.24, 2.45) is 0 Å². The first-order chi connectivity index (χ1) is 6.93. The smallest absolute Gasteiger partial charge is 0.247 e. The van der Waals surface area contributed by atoms with Crippen molar-refractivity contribution in [2.75, 3.05) is 0 Å². The van der Waals surface area contributed by atoms with Crippen molar-refractivity contribution in [3.8, 4) is 11.5 Å². The van der Waals surface area contributed by atoms with Crippen molar-refractivity contribution >= 4 is 0 Å². The molecule has 70 valence electrons. The van der Waals surface area contributed by atoms with E-state index in [0.717, 1.165) is 11.5 Å². The van der Waals surface area contributed by atoms with Crippen LogP contribution in [0.3, 0.4) is 0 Å². The molecule has 1 fully saturated rings. The molecule has 0 unspecified atom stereocenters. The zero-order valence-electron chi connectivity index (χ0n) is 7.68. The molecular weight excluding hydrogens is 176 g/mol. The standard InChI is InChI=1S/C11H10N2O/c1-2-4-8(5-3-1)10-12-13-11(14-10)9-6-7-9/h1-5,9H,6-7H2. The molecule has 3 nitrogen and oxygen atoms in total. The zero-order chi connectivity index (χ0) is 9.38. The van der Waals surface area contributed by atoms with Crippen LogP contribution in [0.1, 0.15) is 24.7 Å². The van der Waals surface area contributed by atoms with Crippen LogP contribution >= 0.6 is 0 Å². The summed E-state index contributed by atoms with van der Waals surface area (Å²) in [6.07, 6.45) is 2.38. The van der Waals surface area contributed by atoms with Gasteiger partial charge in [-0.3, -0.25) is 0 Å². The van der Waals surface area contributed by atoms with Gasteiger partial charge in [-0.1, -0.05) is 18.2 Å². The molecule has 1 aliphatic carbocycles. The highest BCUT2D eigenvalue weighted by Gasteiger charge is 2.29. The van der Waals surface area contributed by atoms with Crippen molar-refractivity contribution < 1.29 is 4.42 Å². The monoisotopic (exact) mass is 186 g/mol. The Hall–Kier alpha value is -1.64. The lowest BCUT2D eigenvalue weighted by atomic mass is 10.2. The summed E-state index contributed by atoms with van der Waals surface area (Å²) in [7, 11) is 0. The Balaban J connectivity index is 1.96. The molecule has 3 rings (SSSR count). The van der Waals surface area contributed by atoms with E-state index in [0.29, 0.717) is 11.8 Å². The van der Waals surface area contributed by atoms with Crippen molar-refractivity contribution in [2.45, 2.75) is 18.8 Å². The molecular formula is C11H10N2O. The molecule has 1 saturated carbocycles. The van der Waals surface area contributed by atoms with Gasteiger partial charge in [0.1, 0.15) is 0 Å². The maximum Gasteiger partial charge on any atom is 0.247 e. The minimum absolute atomic E-state index is 0.528. The van der Waals surface area contributed by atoms with E-state index in [1.807, 2.05) is 30.3 Å². The molecule has 1 heterocycles. The lowest BCUT2D eigenvalue weighted by Crippen LogP contribution is -1.76. The van der Waals surface area contributed by atoms with Crippen molar-refractivity contribution in [3.05, 3.63) is 36.2 Å². The average Bonchev–Trinajstić information content (AvgIpc) is 2.98. The molecule has 0 amide bonds. The minimum Gasteiger partial charge on any atom is -0.420 e. The Morgan fingerprint density at radius 1 is 1.07 bits per heavy atom. The third kappa shape index (κ3) is 1.31. The highest BCUT2D eigenvalue weighted by molar-refractivity contribution is 5.51. The van der Waals surface area contributed by atoms with Crippen LogP contribution in [0.2, 0.25) is 0 Å². The van der Waals surface area contributed by atoms with E-state index in [4.69, 9.17) is 4.42 Å². The summed E-state index contributed by atoms with van der Waals surface area (Å²) in [6, 6.07) is 9.86. The molecule has 3 heteroatoms. The van der Waals surface area contributed by atoms with Gasteiger partial charge in [0.15, 0.2) is 0 Å². The first-order valence-electron chi connectivity index (χ1n) is 4.82. The highest BCUT2D eigenvalue weighted by atomic mass is 16.4. The van der Waals surface area contributed by atoms with Crippen molar-refractivity contribution in [1.29, 1.82) is 0 Å². The summed E-state index contributed by atoms with van der Waals surface area (Å²) in [5, 5.41) is 8.07. The van der Waals surface area contributed by atoms with Crippen LogP contribution < -0.4 is 0 Å². The maximum atomic E-state index is 5.57. The summed E-state index contributed by atoms with van der Waals surface area (Å²) < 4.78 is 5.57. The normalized spacial score (nSPS) is 15.7.